The Balaban J connectivity index is 1.92. The third kappa shape index (κ3) is 2.52. The van der Waals surface area contributed by atoms with Crippen LogP contribution in [0.2, 0.25) is 0 Å². The van der Waals surface area contributed by atoms with Crippen LogP contribution in [0.15, 0.2) is 30.3 Å². The van der Waals surface area contributed by atoms with Crippen LogP contribution < -0.4 is 10.1 Å². The number of nitrogens with zero attached hydrogens (tertiary/aromatic N) is 1. The highest BCUT2D eigenvalue weighted by atomic mass is 16.6. The van der Waals surface area contributed by atoms with Crippen LogP contribution in [0.1, 0.15) is 6.42 Å². The van der Waals surface area contributed by atoms with Crippen LogP contribution >= 0.6 is 0 Å². The van der Waals surface area contributed by atoms with Crippen molar-refractivity contribution in [3.05, 3.63) is 30.3 Å². The van der Waals surface area contributed by atoms with Crippen LogP contribution in [0.25, 0.3) is 0 Å². The van der Waals surface area contributed by atoms with E-state index in [1.54, 1.807) is 24.1 Å². The summed E-state index contributed by atoms with van der Waals surface area (Å²) in [6, 6.07) is 9.38. The first-order chi connectivity index (χ1) is 7.77. The molecule has 0 saturated carbocycles. The summed E-state index contributed by atoms with van der Waals surface area (Å²) < 4.78 is 5.25. The number of nitrogens with one attached hydrogen (secondary N) is 1. The molecule has 4 heteroatoms. The summed E-state index contributed by atoms with van der Waals surface area (Å²) in [7, 11) is 1.78. The zero-order valence-corrected chi connectivity index (χ0v) is 9.35. The number of rotatable bonds is 2. The van der Waals surface area contributed by atoms with Crippen LogP contribution in [-0.4, -0.2) is 37.2 Å². The number of benzene rings is 1. The molecule has 2 rings (SSSR count). The zero-order chi connectivity index (χ0) is 11.4. The smallest absolute Gasteiger partial charge is 0.410 e. The van der Waals surface area contributed by atoms with Gasteiger partial charge in [0, 0.05) is 19.6 Å². The van der Waals surface area contributed by atoms with Crippen molar-refractivity contribution in [1.82, 2.24) is 10.2 Å². The van der Waals surface area contributed by atoms with Crippen molar-refractivity contribution in [3.8, 4) is 5.75 Å². The monoisotopic (exact) mass is 220 g/mol. The number of likely N-dealkylation sites (N-methyl/N-ethyl adjacent to an activating group) is 1. The lowest BCUT2D eigenvalue weighted by Gasteiger charge is -2.22. The lowest BCUT2D eigenvalue weighted by atomic mass is 10.2. The minimum atomic E-state index is -0.292. The van der Waals surface area contributed by atoms with Gasteiger partial charge in [0.05, 0.1) is 0 Å². The number of amides is 1. The minimum absolute atomic E-state index is 0.246. The van der Waals surface area contributed by atoms with E-state index >= 15 is 0 Å². The predicted octanol–water partition coefficient (Wildman–Crippen LogP) is 1.48. The second-order valence-corrected chi connectivity index (χ2v) is 3.94. The Labute approximate surface area is 95.2 Å². The lowest BCUT2D eigenvalue weighted by molar-refractivity contribution is 0.148. The Bertz CT molecular complexity index is 347. The quantitative estimate of drug-likeness (QED) is 0.820. The summed E-state index contributed by atoms with van der Waals surface area (Å²) in [6.07, 6.45) is 0.695. The summed E-state index contributed by atoms with van der Waals surface area (Å²) in [5.41, 5.74) is 0. The number of carbonyl (C=O) groups is 1. The van der Waals surface area contributed by atoms with Gasteiger partial charge in [-0.3, -0.25) is 0 Å². The normalized spacial score (nSPS) is 19.4. The van der Waals surface area contributed by atoms with Crippen molar-refractivity contribution in [2.75, 3.05) is 20.1 Å². The molecule has 1 N–H and O–H groups in total. The van der Waals surface area contributed by atoms with Gasteiger partial charge < -0.3 is 15.0 Å². The number of hydrogen-bond acceptors (Lipinski definition) is 3. The standard InChI is InChI=1S/C12H16N2O2/c1-14(10-7-8-13-9-10)12(15)16-11-5-3-2-4-6-11/h2-6,10,13H,7-9H2,1H3. The Hall–Kier alpha value is -1.55. The van der Waals surface area contributed by atoms with Crippen molar-refractivity contribution < 1.29 is 9.53 Å². The number of ether oxygens (including phenoxy) is 1. The Morgan fingerprint density at radius 1 is 1.44 bits per heavy atom. The maximum atomic E-state index is 11.8. The molecule has 16 heavy (non-hydrogen) atoms. The molecule has 4 nitrogen and oxygen atoms in total. The van der Waals surface area contributed by atoms with E-state index in [9.17, 15) is 4.79 Å². The van der Waals surface area contributed by atoms with Gasteiger partial charge in [-0.25, -0.2) is 4.79 Å². The molecule has 1 aliphatic heterocycles. The van der Waals surface area contributed by atoms with Crippen LogP contribution in [-0.2, 0) is 0 Å². The molecule has 86 valence electrons. The van der Waals surface area contributed by atoms with Gasteiger partial charge in [-0.05, 0) is 25.1 Å². The van der Waals surface area contributed by atoms with E-state index in [0.717, 1.165) is 19.5 Å². The number of carbonyl (C=O) groups excluding carboxylic acids is 1. The average molecular weight is 220 g/mol. The first kappa shape index (κ1) is 11.0. The molecule has 0 aromatic heterocycles. The fourth-order valence-corrected chi connectivity index (χ4v) is 1.78. The largest absolute Gasteiger partial charge is 0.415 e. The molecule has 1 saturated heterocycles. The summed E-state index contributed by atoms with van der Waals surface area (Å²) in [5, 5.41) is 3.22. The highest BCUT2D eigenvalue weighted by Gasteiger charge is 2.24. The molecule has 1 aromatic rings. The molecule has 1 fully saturated rings. The fourth-order valence-electron chi connectivity index (χ4n) is 1.78. The fraction of sp³-hybridized carbons (Fsp3) is 0.417. The first-order valence-electron chi connectivity index (χ1n) is 5.48. The van der Waals surface area contributed by atoms with E-state index in [2.05, 4.69) is 5.32 Å². The molecular weight excluding hydrogens is 204 g/mol. The molecule has 1 aliphatic rings. The van der Waals surface area contributed by atoms with E-state index in [1.165, 1.54) is 0 Å². The minimum Gasteiger partial charge on any atom is -0.410 e. The van der Waals surface area contributed by atoms with Crippen molar-refractivity contribution in [2.45, 2.75) is 12.5 Å². The second kappa shape index (κ2) is 4.99. The Morgan fingerprint density at radius 3 is 2.81 bits per heavy atom. The van der Waals surface area contributed by atoms with E-state index in [-0.39, 0.29) is 12.1 Å². The topological polar surface area (TPSA) is 41.6 Å². The maximum Gasteiger partial charge on any atom is 0.415 e. The van der Waals surface area contributed by atoms with Crippen molar-refractivity contribution in [3.63, 3.8) is 0 Å². The van der Waals surface area contributed by atoms with Gasteiger partial charge in [-0.1, -0.05) is 18.2 Å². The highest BCUT2D eigenvalue weighted by molar-refractivity contribution is 5.70. The first-order valence-corrected chi connectivity index (χ1v) is 5.48. The van der Waals surface area contributed by atoms with E-state index < -0.39 is 0 Å². The molecule has 0 bridgehead atoms. The molecule has 1 unspecified atom stereocenters. The van der Waals surface area contributed by atoms with Crippen LogP contribution in [0.5, 0.6) is 5.75 Å². The van der Waals surface area contributed by atoms with E-state index in [4.69, 9.17) is 4.74 Å². The second-order valence-electron chi connectivity index (χ2n) is 3.94. The molecule has 0 aliphatic carbocycles. The summed E-state index contributed by atoms with van der Waals surface area (Å²) >= 11 is 0. The number of hydrogen-bond donors (Lipinski definition) is 1. The van der Waals surface area contributed by atoms with Crippen LogP contribution in [0, 0.1) is 0 Å². The Morgan fingerprint density at radius 2 is 2.19 bits per heavy atom. The van der Waals surface area contributed by atoms with Crippen molar-refractivity contribution in [1.29, 1.82) is 0 Å². The average Bonchev–Trinajstić information content (AvgIpc) is 2.83. The van der Waals surface area contributed by atoms with Crippen LogP contribution in [0.4, 0.5) is 4.79 Å². The van der Waals surface area contributed by atoms with Gasteiger partial charge in [0.2, 0.25) is 0 Å². The lowest BCUT2D eigenvalue weighted by Crippen LogP contribution is -2.40. The molecule has 0 radical (unpaired) electrons. The zero-order valence-electron chi connectivity index (χ0n) is 9.35. The van der Waals surface area contributed by atoms with E-state index in [1.807, 2.05) is 18.2 Å². The SMILES string of the molecule is CN(C(=O)Oc1ccccc1)C1CCNC1. The van der Waals surface area contributed by atoms with Crippen LogP contribution in [0.3, 0.4) is 0 Å². The molecular formula is C12H16N2O2. The summed E-state index contributed by atoms with van der Waals surface area (Å²) in [5.74, 6) is 0.588. The summed E-state index contributed by atoms with van der Waals surface area (Å²) in [6.45, 7) is 1.81. The van der Waals surface area contributed by atoms with E-state index in [0.29, 0.717) is 5.75 Å². The van der Waals surface area contributed by atoms with Gasteiger partial charge >= 0.3 is 6.09 Å². The molecule has 1 aromatic carbocycles. The van der Waals surface area contributed by atoms with Gasteiger partial charge in [-0.2, -0.15) is 0 Å². The molecule has 1 atom stereocenters. The maximum absolute atomic E-state index is 11.8. The summed E-state index contributed by atoms with van der Waals surface area (Å²) in [4.78, 5) is 13.4. The third-order valence-corrected chi connectivity index (χ3v) is 2.82. The molecule has 1 heterocycles. The number of para-hydroxylation sites is 1. The van der Waals surface area contributed by atoms with Gasteiger partial charge in [-0.15, -0.1) is 0 Å². The van der Waals surface area contributed by atoms with Gasteiger partial charge in [0.1, 0.15) is 5.75 Å². The molecule has 0 spiro atoms. The third-order valence-electron chi connectivity index (χ3n) is 2.82. The Kier molecular flexibility index (Phi) is 3.41. The van der Waals surface area contributed by atoms with Gasteiger partial charge in [0.15, 0.2) is 0 Å². The van der Waals surface area contributed by atoms with Crippen molar-refractivity contribution in [2.24, 2.45) is 0 Å². The van der Waals surface area contributed by atoms with Crippen molar-refractivity contribution >= 4 is 6.09 Å². The predicted molar refractivity (Wildman–Crippen MR) is 61.5 cm³/mol. The molecule has 1 amide bonds. The van der Waals surface area contributed by atoms with Gasteiger partial charge in [0.25, 0.3) is 0 Å². The highest BCUT2D eigenvalue weighted by Crippen LogP contribution is 2.12.